The number of amides is 1. The lowest BCUT2D eigenvalue weighted by atomic mass is 9.47. The maximum absolute atomic E-state index is 15.2. The lowest BCUT2D eigenvalue weighted by molar-refractivity contribution is -0.204. The molecule has 17 aliphatic rings. The zero-order valence-corrected chi connectivity index (χ0v) is 55.8. The summed E-state index contributed by atoms with van der Waals surface area (Å²) in [6, 6.07) is 13.0. The van der Waals surface area contributed by atoms with Gasteiger partial charge in [0.25, 0.3) is 0 Å². The molecule has 19 atom stereocenters. The van der Waals surface area contributed by atoms with Gasteiger partial charge >= 0.3 is 5.97 Å². The third-order valence-electron chi connectivity index (χ3n) is 28.5. The fraction of sp³-hybridized carbons (Fsp3) is 0.757. The quantitative estimate of drug-likeness (QED) is 0.0403. The summed E-state index contributed by atoms with van der Waals surface area (Å²) >= 11 is 0. The zero-order valence-electron chi connectivity index (χ0n) is 54.2. The highest BCUT2D eigenvalue weighted by Gasteiger charge is 2.69. The van der Waals surface area contributed by atoms with Crippen LogP contribution in [-0.4, -0.2) is 109 Å². The van der Waals surface area contributed by atoms with Gasteiger partial charge in [-0.3, -0.25) is 19.6 Å². The molecule has 2 aromatic carbocycles. The van der Waals surface area contributed by atoms with Crippen LogP contribution in [0.3, 0.4) is 0 Å². The average Bonchev–Trinajstić information content (AvgIpc) is 1.59. The monoisotopic (exact) mass is 1280 g/mol. The lowest BCUT2D eigenvalue weighted by Gasteiger charge is -2.60. The number of nitrogens with two attached hydrogens (primary N) is 3. The molecule has 10 aliphatic carbocycles. The first kappa shape index (κ1) is 62.9. The summed E-state index contributed by atoms with van der Waals surface area (Å²) in [7, 11) is 4.09. The number of guanidine groups is 2. The minimum Gasteiger partial charge on any atom is -0.504 e. The number of rotatable bonds is 8. The number of aliphatic imine (C=N–C) groups is 2. The van der Waals surface area contributed by atoms with Gasteiger partial charge in [-0.25, -0.2) is 0 Å². The number of nitrogens with one attached hydrogen (secondary N) is 1. The first-order valence-corrected chi connectivity index (χ1v) is 38.5. The standard InChI is InChI=1S/C74H105N7O8S2/c1-45(83)88-73-38-50-15-17-54(73)35-51-33-52(63(86)64-62(51)47-21-30-72(89-64)28-7-14-53(72)34-47)42-81-44-69(40-60(81)85)55(19-20-58(69)46-11-3-2-4-12-46)41-79-67(77)80-74(29-9-25-68(74)23-5-6-24-68)91-90-43-56-18-16-49(61(50)59(84)39-73)37-70(56)26-10-27-71(70)36-48(13-8-32-82)57(65(71)87)22-31-78-66(75)76/h2-4,11-12,21,30,33,47-50,53-59,61,65,82,84,86-87H,5-10,13-20,22-29,31-32,34-44H2,1H3,(H4,75,76,78)(H3,77,79,80). The van der Waals surface area contributed by atoms with Crippen molar-refractivity contribution < 1.29 is 39.5 Å². The summed E-state index contributed by atoms with van der Waals surface area (Å²) in [5.41, 5.74) is 21.1. The number of aliphatic hydroxyl groups excluding tert-OH is 3. The number of nitrogens with zero attached hydrogens (tertiary/aromatic N) is 3. The van der Waals surface area contributed by atoms with Gasteiger partial charge in [-0.2, -0.15) is 0 Å². The average molecular weight is 1280 g/mol. The van der Waals surface area contributed by atoms with E-state index in [9.17, 15) is 25.2 Å². The molecular weight excluding hydrogens is 1180 g/mol. The first-order valence-electron chi connectivity index (χ1n) is 36.2. The summed E-state index contributed by atoms with van der Waals surface area (Å²) in [6.07, 6.45) is 30.3. The number of aliphatic hydroxyl groups is 3. The van der Waals surface area contributed by atoms with Gasteiger partial charge in [0, 0.05) is 103 Å². The number of benzene rings is 2. The fourth-order valence-corrected chi connectivity index (χ4v) is 28.9. The molecule has 2 aromatic rings. The van der Waals surface area contributed by atoms with Crippen LogP contribution < -0.4 is 27.3 Å². The van der Waals surface area contributed by atoms with E-state index in [4.69, 9.17) is 31.7 Å². The highest BCUT2D eigenvalue weighted by Crippen LogP contribution is 2.74. The Morgan fingerprint density at radius 3 is 2.43 bits per heavy atom. The van der Waals surface area contributed by atoms with Crippen molar-refractivity contribution in [3.8, 4) is 11.5 Å². The Bertz CT molecular complexity index is 3170. The Morgan fingerprint density at radius 1 is 0.857 bits per heavy atom. The maximum atomic E-state index is 15.2. The molecule has 6 spiro atoms. The Balaban J connectivity index is 0.843. The van der Waals surface area contributed by atoms with E-state index in [0.717, 1.165) is 132 Å². The fourth-order valence-electron chi connectivity index (χ4n) is 24.9. The van der Waals surface area contributed by atoms with Crippen LogP contribution in [0.5, 0.6) is 11.5 Å². The van der Waals surface area contributed by atoms with Crippen LogP contribution in [0.1, 0.15) is 221 Å². The van der Waals surface area contributed by atoms with Crippen molar-refractivity contribution in [1.29, 1.82) is 0 Å². The van der Waals surface area contributed by atoms with Crippen molar-refractivity contribution in [2.45, 2.75) is 240 Å². The third kappa shape index (κ3) is 10.3. The summed E-state index contributed by atoms with van der Waals surface area (Å²) in [5, 5.41) is 54.2. The molecule has 19 unspecified atom stereocenters. The Kier molecular flexibility index (Phi) is 16.7. The second-order valence-corrected chi connectivity index (χ2v) is 34.9. The number of ether oxygens (including phenoxy) is 2. The van der Waals surface area contributed by atoms with Crippen molar-refractivity contribution in [1.82, 2.24) is 10.2 Å². The summed E-state index contributed by atoms with van der Waals surface area (Å²) < 4.78 is 14.2. The minimum absolute atomic E-state index is 0.00473. The summed E-state index contributed by atoms with van der Waals surface area (Å²) in [4.78, 5) is 40.6. The van der Waals surface area contributed by atoms with Gasteiger partial charge in [-0.05, 0) is 230 Å². The largest absolute Gasteiger partial charge is 0.504 e. The number of aromatic hydroxyl groups is 1. The van der Waals surface area contributed by atoms with E-state index in [1.54, 1.807) is 6.92 Å². The van der Waals surface area contributed by atoms with Gasteiger partial charge in [0.05, 0.1) is 12.2 Å². The predicted octanol–water partition coefficient (Wildman–Crippen LogP) is 11.7. The molecule has 10 fully saturated rings. The second kappa shape index (κ2) is 24.2. The Hall–Kier alpha value is -4.16. The molecule has 1 saturated heterocycles. The van der Waals surface area contributed by atoms with Crippen molar-refractivity contribution in [2.75, 3.05) is 32.0 Å². The van der Waals surface area contributed by atoms with E-state index in [0.29, 0.717) is 87.3 Å². The van der Waals surface area contributed by atoms with Crippen LogP contribution in [0.25, 0.3) is 0 Å². The van der Waals surface area contributed by atoms with Gasteiger partial charge in [0.15, 0.2) is 23.4 Å². The Morgan fingerprint density at radius 2 is 1.63 bits per heavy atom. The van der Waals surface area contributed by atoms with Gasteiger partial charge in [0.2, 0.25) is 5.91 Å². The number of phenols is 1. The highest BCUT2D eigenvalue weighted by atomic mass is 33.1. The zero-order chi connectivity index (χ0) is 62.7. The summed E-state index contributed by atoms with van der Waals surface area (Å²) in [6.45, 7) is 3.44. The van der Waals surface area contributed by atoms with Gasteiger partial charge in [0.1, 0.15) is 16.1 Å². The molecular formula is C74H105N7O8S2. The van der Waals surface area contributed by atoms with Crippen molar-refractivity contribution in [2.24, 2.45) is 102 Å². The molecule has 91 heavy (non-hydrogen) atoms. The van der Waals surface area contributed by atoms with E-state index < -0.39 is 28.8 Å². The number of carbonyl (C=O) groups is 2. The normalized spacial score (nSPS) is 42.9. The highest BCUT2D eigenvalue weighted by molar-refractivity contribution is 8.77. The first-order chi connectivity index (χ1) is 44.0. The van der Waals surface area contributed by atoms with E-state index in [1.807, 2.05) is 26.5 Å². The van der Waals surface area contributed by atoms with Gasteiger partial charge in [-0.15, -0.1) is 0 Å². The molecule has 0 aromatic heterocycles. The van der Waals surface area contributed by atoms with E-state index >= 15 is 4.79 Å². The number of hydrogen-bond acceptors (Lipinski definition) is 14. The van der Waals surface area contributed by atoms with Crippen molar-refractivity contribution in [3.05, 3.63) is 70.8 Å². The van der Waals surface area contributed by atoms with Crippen molar-refractivity contribution >= 4 is 45.4 Å². The summed E-state index contributed by atoms with van der Waals surface area (Å²) in [5.74, 6) is 3.47. The molecule has 11 N–H and O–H groups in total. The maximum Gasteiger partial charge on any atom is 0.303 e. The number of phenolic OH excluding ortho intramolecular Hbond substituents is 1. The van der Waals surface area contributed by atoms with E-state index in [1.165, 1.54) is 37.7 Å². The predicted molar refractivity (Wildman–Crippen MR) is 359 cm³/mol. The molecule has 7 aliphatic heterocycles. The molecule has 9 saturated carbocycles. The molecule has 0 radical (unpaired) electrons. The molecule has 1 amide bonds. The number of allylic oxidation sites excluding steroid dienone is 1. The van der Waals surface area contributed by atoms with Crippen LogP contribution >= 0.6 is 21.6 Å². The second-order valence-electron chi connectivity index (χ2n) is 32.3. The SMILES string of the molecule is CC(=O)OC12CC(O)C3C(CCC1Cc1cc(c(O)c4c1C1C=CC5(CCCC5C1)O4)CN1CC4(CC1=O)C(CCC4c1ccccc1)CN=C(N)NC1(CCCC14CCCC4)SSCC1CCC3CC13CCCC31CC(CCCO)C(CCN=C(N)N)C1O)C2. The lowest BCUT2D eigenvalue weighted by Crippen LogP contribution is -2.59. The van der Waals surface area contributed by atoms with Crippen LogP contribution in [0, 0.1) is 74.9 Å². The Labute approximate surface area is 548 Å². The molecule has 17 heteroatoms. The number of carbonyl (C=O) groups excluding carboxylic acids is 2. The van der Waals surface area contributed by atoms with E-state index in [-0.39, 0.29) is 111 Å². The van der Waals surface area contributed by atoms with Crippen LogP contribution in [0.4, 0.5) is 0 Å². The van der Waals surface area contributed by atoms with Gasteiger partial charge in [-0.1, -0.05) is 77.3 Å². The third-order valence-corrected chi connectivity index (χ3v) is 31.8. The number of hydrogen-bond donors (Lipinski definition) is 8. The minimum atomic E-state index is -0.898. The van der Waals surface area contributed by atoms with Crippen LogP contribution in [-0.2, 0) is 27.3 Å². The van der Waals surface area contributed by atoms with Crippen molar-refractivity contribution in [3.63, 3.8) is 0 Å². The topological polar surface area (TPSA) is 252 Å². The molecule has 19 rings (SSSR count). The molecule has 496 valence electrons. The van der Waals surface area contributed by atoms with Crippen LogP contribution in [0.15, 0.2) is 58.5 Å². The molecule has 12 bridgehead atoms. The smallest absolute Gasteiger partial charge is 0.303 e. The molecule has 7 heterocycles. The van der Waals surface area contributed by atoms with E-state index in [2.05, 4.69) is 58.9 Å². The van der Waals surface area contributed by atoms with Gasteiger partial charge < -0.3 is 57.3 Å². The molecule has 15 nitrogen and oxygen atoms in total. The van der Waals surface area contributed by atoms with Crippen LogP contribution in [0.2, 0.25) is 0 Å². The number of esters is 1.